The normalized spacial score (nSPS) is 12.2. The number of hydrogen-bond donors (Lipinski definition) is 0. The van der Waals surface area contributed by atoms with Gasteiger partial charge in [0.1, 0.15) is 12.4 Å². The zero-order valence-electron chi connectivity index (χ0n) is 26.3. The summed E-state index contributed by atoms with van der Waals surface area (Å²) in [5.74, 6) is 1.81. The summed E-state index contributed by atoms with van der Waals surface area (Å²) >= 11 is 0. The van der Waals surface area contributed by atoms with Crippen molar-refractivity contribution in [2.75, 3.05) is 0 Å². The van der Waals surface area contributed by atoms with Crippen molar-refractivity contribution < 1.29 is 4.74 Å². The highest BCUT2D eigenvalue weighted by molar-refractivity contribution is 7.20. The lowest BCUT2D eigenvalue weighted by atomic mass is 10.1. The van der Waals surface area contributed by atoms with Crippen LogP contribution in [0.3, 0.4) is 0 Å². The van der Waals surface area contributed by atoms with E-state index in [4.69, 9.17) is 9.72 Å². The first-order valence-corrected chi connectivity index (χ1v) is 18.4. The second kappa shape index (κ2) is 11.7. The van der Waals surface area contributed by atoms with E-state index in [9.17, 15) is 0 Å². The molecule has 7 aromatic carbocycles. The number of fused-ring (bicyclic) bond motifs is 5. The van der Waals surface area contributed by atoms with Crippen LogP contribution in [0.5, 0.6) is 5.75 Å². The molecule has 3 nitrogen and oxygen atoms in total. The van der Waals surface area contributed by atoms with Gasteiger partial charge in [-0.15, -0.1) is 0 Å². The Morgan fingerprint density at radius 1 is 0.458 bits per heavy atom. The molecular formula is C44H32N2OSi. The van der Waals surface area contributed by atoms with E-state index in [1.165, 1.54) is 37.4 Å². The summed E-state index contributed by atoms with van der Waals surface area (Å²) in [6.07, 6.45) is 0. The SMILES string of the molecule is c1ccc(-c2cccc([Si](c3ccccc3)(c3ccccc3)c3cccc(-c4ccc5nc6n(c5c4)-c4ccccc4OC6)c3)c2)cc1. The molecule has 1 aliphatic rings. The number of para-hydroxylation sites is 2. The van der Waals surface area contributed by atoms with Gasteiger partial charge in [0.05, 0.1) is 16.7 Å². The lowest BCUT2D eigenvalue weighted by Crippen LogP contribution is -2.74. The van der Waals surface area contributed by atoms with Crippen LogP contribution in [0.15, 0.2) is 182 Å². The smallest absolute Gasteiger partial charge is 0.179 e. The van der Waals surface area contributed by atoms with Crippen LogP contribution in [0.4, 0.5) is 0 Å². The minimum atomic E-state index is -2.77. The van der Waals surface area contributed by atoms with Crippen molar-refractivity contribution in [2.24, 2.45) is 0 Å². The summed E-state index contributed by atoms with van der Waals surface area (Å²) in [7, 11) is -2.77. The lowest BCUT2D eigenvalue weighted by Gasteiger charge is -2.35. The third-order valence-corrected chi connectivity index (χ3v) is 14.4. The topological polar surface area (TPSA) is 27.1 Å². The monoisotopic (exact) mass is 632 g/mol. The van der Waals surface area contributed by atoms with Crippen molar-refractivity contribution in [2.45, 2.75) is 6.61 Å². The number of imidazole rings is 1. The molecule has 0 radical (unpaired) electrons. The molecule has 0 unspecified atom stereocenters. The van der Waals surface area contributed by atoms with E-state index in [0.717, 1.165) is 33.9 Å². The van der Waals surface area contributed by atoms with Crippen LogP contribution in [-0.4, -0.2) is 17.6 Å². The van der Waals surface area contributed by atoms with Gasteiger partial charge >= 0.3 is 0 Å². The minimum absolute atomic E-state index is 0.459. The number of benzene rings is 7. The molecule has 2 heterocycles. The van der Waals surface area contributed by atoms with Crippen molar-refractivity contribution in [1.29, 1.82) is 0 Å². The van der Waals surface area contributed by atoms with E-state index in [1.807, 2.05) is 12.1 Å². The van der Waals surface area contributed by atoms with Crippen molar-refractivity contribution >= 4 is 39.9 Å². The van der Waals surface area contributed by atoms with Gasteiger partial charge in [0.25, 0.3) is 0 Å². The fourth-order valence-corrected chi connectivity index (χ4v) is 12.3. The van der Waals surface area contributed by atoms with Gasteiger partial charge in [-0.05, 0) is 67.3 Å². The zero-order chi connectivity index (χ0) is 31.9. The summed E-state index contributed by atoms with van der Waals surface area (Å²) in [6, 6.07) is 66.3. The predicted octanol–water partition coefficient (Wildman–Crippen LogP) is 7.63. The van der Waals surface area contributed by atoms with Crippen LogP contribution < -0.4 is 25.5 Å². The van der Waals surface area contributed by atoms with Gasteiger partial charge in [-0.25, -0.2) is 4.98 Å². The summed E-state index contributed by atoms with van der Waals surface area (Å²) in [5, 5.41) is 5.41. The Hall–Kier alpha value is -5.97. The minimum Gasteiger partial charge on any atom is -0.483 e. The number of hydrogen-bond acceptors (Lipinski definition) is 2. The van der Waals surface area contributed by atoms with Crippen LogP contribution in [-0.2, 0) is 6.61 Å². The molecule has 0 saturated carbocycles. The molecule has 8 aromatic rings. The number of nitrogens with zero attached hydrogens (tertiary/aromatic N) is 2. The Kier molecular flexibility index (Phi) is 6.88. The van der Waals surface area contributed by atoms with E-state index in [1.54, 1.807) is 0 Å². The number of rotatable bonds is 6. The largest absolute Gasteiger partial charge is 0.483 e. The second-order valence-corrected chi connectivity index (χ2v) is 16.1. The standard InChI is InChI=1S/C44H32N2OSi/c1-4-14-32(15-5-1)33-16-12-22-38(28-33)48(36-18-6-2-7-19-36,37-20-8-3-9-21-37)39-23-13-17-34(29-39)35-26-27-40-42(30-35)46-41-24-10-11-25-43(41)47-31-44(46)45-40/h1-30H,31H2. The van der Waals surface area contributed by atoms with Gasteiger partial charge in [0, 0.05) is 0 Å². The van der Waals surface area contributed by atoms with Crippen LogP contribution in [0.1, 0.15) is 5.82 Å². The molecule has 0 amide bonds. The van der Waals surface area contributed by atoms with E-state index in [0.29, 0.717) is 6.61 Å². The highest BCUT2D eigenvalue weighted by Gasteiger charge is 2.41. The molecule has 48 heavy (non-hydrogen) atoms. The molecule has 1 aromatic heterocycles. The Balaban J connectivity index is 1.27. The first kappa shape index (κ1) is 28.3. The van der Waals surface area contributed by atoms with E-state index >= 15 is 0 Å². The zero-order valence-corrected chi connectivity index (χ0v) is 27.3. The first-order chi connectivity index (χ1) is 23.8. The average Bonchev–Trinajstić information content (AvgIpc) is 3.55. The van der Waals surface area contributed by atoms with Crippen LogP contribution in [0.25, 0.3) is 39.0 Å². The number of aromatic nitrogens is 2. The molecule has 1 aliphatic heterocycles. The highest BCUT2D eigenvalue weighted by atomic mass is 28.3. The quantitative estimate of drug-likeness (QED) is 0.139. The molecule has 0 N–H and O–H groups in total. The van der Waals surface area contributed by atoms with Gasteiger partial charge in [0.15, 0.2) is 13.9 Å². The molecule has 0 atom stereocenters. The summed E-state index contributed by atoms with van der Waals surface area (Å²) in [4.78, 5) is 4.94. The maximum absolute atomic E-state index is 6.03. The molecule has 4 heteroatoms. The van der Waals surface area contributed by atoms with Gasteiger partial charge in [-0.3, -0.25) is 4.57 Å². The molecule has 0 bridgehead atoms. The van der Waals surface area contributed by atoms with Gasteiger partial charge in [-0.1, -0.05) is 158 Å². The molecule has 228 valence electrons. The predicted molar refractivity (Wildman–Crippen MR) is 200 cm³/mol. The molecule has 0 spiro atoms. The highest BCUT2D eigenvalue weighted by Crippen LogP contribution is 2.34. The maximum atomic E-state index is 6.03. The molecule has 9 rings (SSSR count). The van der Waals surface area contributed by atoms with Crippen molar-refractivity contribution in [1.82, 2.24) is 9.55 Å². The Morgan fingerprint density at radius 2 is 0.979 bits per heavy atom. The Labute approximate surface area is 281 Å². The first-order valence-electron chi connectivity index (χ1n) is 16.4. The fraction of sp³-hybridized carbons (Fsp3) is 0.0227. The third-order valence-electron chi connectivity index (χ3n) is 9.63. The molecular weight excluding hydrogens is 601 g/mol. The van der Waals surface area contributed by atoms with E-state index in [2.05, 4.69) is 174 Å². The Morgan fingerprint density at radius 3 is 1.65 bits per heavy atom. The van der Waals surface area contributed by atoms with Crippen molar-refractivity contribution in [3.05, 3.63) is 188 Å². The van der Waals surface area contributed by atoms with Crippen molar-refractivity contribution in [3.8, 4) is 33.7 Å². The van der Waals surface area contributed by atoms with E-state index in [-0.39, 0.29) is 0 Å². The number of ether oxygens (including phenoxy) is 1. The van der Waals surface area contributed by atoms with Crippen molar-refractivity contribution in [3.63, 3.8) is 0 Å². The molecule has 0 fully saturated rings. The summed E-state index contributed by atoms with van der Waals surface area (Å²) < 4.78 is 8.29. The maximum Gasteiger partial charge on any atom is 0.179 e. The Bertz CT molecular complexity index is 2360. The van der Waals surface area contributed by atoms with Crippen LogP contribution in [0.2, 0.25) is 0 Å². The summed E-state index contributed by atoms with van der Waals surface area (Å²) in [5.41, 5.74) is 7.90. The molecule has 0 saturated heterocycles. The average molecular weight is 633 g/mol. The second-order valence-electron chi connectivity index (χ2n) is 12.3. The van der Waals surface area contributed by atoms with Crippen LogP contribution in [0, 0.1) is 0 Å². The van der Waals surface area contributed by atoms with Gasteiger partial charge in [0.2, 0.25) is 0 Å². The summed E-state index contributed by atoms with van der Waals surface area (Å²) in [6.45, 7) is 0.459. The lowest BCUT2D eigenvalue weighted by molar-refractivity contribution is 0.280. The fourth-order valence-electron chi connectivity index (χ4n) is 7.45. The van der Waals surface area contributed by atoms with Gasteiger partial charge in [-0.2, -0.15) is 0 Å². The molecule has 0 aliphatic carbocycles. The van der Waals surface area contributed by atoms with E-state index < -0.39 is 8.07 Å². The van der Waals surface area contributed by atoms with Gasteiger partial charge < -0.3 is 4.74 Å². The van der Waals surface area contributed by atoms with Crippen LogP contribution >= 0.6 is 0 Å². The third kappa shape index (κ3) is 4.61.